The second kappa shape index (κ2) is 3.85. The van der Waals surface area contributed by atoms with E-state index in [1.165, 1.54) is 0 Å². The summed E-state index contributed by atoms with van der Waals surface area (Å²) in [5.41, 5.74) is 0.840. The smallest absolute Gasteiger partial charge is 0.216 e. The topological polar surface area (TPSA) is 39.2 Å². The fourth-order valence-corrected chi connectivity index (χ4v) is 1.01. The van der Waals surface area contributed by atoms with Gasteiger partial charge in [0.1, 0.15) is 5.78 Å². The van der Waals surface area contributed by atoms with Gasteiger partial charge in [0, 0.05) is 18.2 Å². The van der Waals surface area contributed by atoms with Crippen molar-refractivity contribution in [1.82, 2.24) is 4.98 Å². The van der Waals surface area contributed by atoms with Gasteiger partial charge in [-0.05, 0) is 13.0 Å². The minimum atomic E-state index is 0.112. The molecule has 0 saturated heterocycles. The molecule has 3 nitrogen and oxygen atoms in total. The van der Waals surface area contributed by atoms with E-state index in [1.807, 2.05) is 6.07 Å². The van der Waals surface area contributed by atoms with E-state index in [0.29, 0.717) is 12.3 Å². The first-order chi connectivity index (χ1) is 5.74. The molecule has 0 atom stereocenters. The van der Waals surface area contributed by atoms with Crippen LogP contribution in [0.2, 0.25) is 0 Å². The van der Waals surface area contributed by atoms with Crippen LogP contribution in [-0.4, -0.2) is 17.9 Å². The van der Waals surface area contributed by atoms with Gasteiger partial charge in [-0.15, -0.1) is 0 Å². The Labute approximate surface area is 71.4 Å². The third-order valence-electron chi connectivity index (χ3n) is 1.48. The summed E-state index contributed by atoms with van der Waals surface area (Å²) in [4.78, 5) is 14.8. The number of carbonyl (C=O) groups is 1. The fourth-order valence-electron chi connectivity index (χ4n) is 1.01. The maximum atomic E-state index is 10.8. The summed E-state index contributed by atoms with van der Waals surface area (Å²) in [6.07, 6.45) is 2.03. The minimum Gasteiger partial charge on any atom is -0.481 e. The highest BCUT2D eigenvalue weighted by molar-refractivity contribution is 5.78. The largest absolute Gasteiger partial charge is 0.481 e. The normalized spacial score (nSPS) is 9.50. The summed E-state index contributed by atoms with van der Waals surface area (Å²) >= 11 is 0. The van der Waals surface area contributed by atoms with Crippen LogP contribution in [0.5, 0.6) is 5.88 Å². The molecule has 0 amide bonds. The van der Waals surface area contributed by atoms with E-state index in [0.717, 1.165) is 5.56 Å². The number of methoxy groups -OCH3 is 1. The van der Waals surface area contributed by atoms with E-state index in [-0.39, 0.29) is 5.78 Å². The molecule has 1 aromatic heterocycles. The van der Waals surface area contributed by atoms with Crippen LogP contribution in [0.1, 0.15) is 12.5 Å². The number of carbonyl (C=O) groups excluding carboxylic acids is 1. The number of pyridine rings is 1. The predicted octanol–water partition coefficient (Wildman–Crippen LogP) is 1.22. The number of rotatable bonds is 3. The lowest BCUT2D eigenvalue weighted by molar-refractivity contribution is -0.116. The Morgan fingerprint density at radius 3 is 3.00 bits per heavy atom. The number of ketones is 1. The summed E-state index contributed by atoms with van der Waals surface area (Å²) in [5, 5.41) is 0. The highest BCUT2D eigenvalue weighted by atomic mass is 16.5. The molecule has 0 unspecified atom stereocenters. The van der Waals surface area contributed by atoms with Crippen LogP contribution in [0.4, 0.5) is 0 Å². The zero-order chi connectivity index (χ0) is 8.97. The van der Waals surface area contributed by atoms with Gasteiger partial charge in [-0.2, -0.15) is 0 Å². The molecule has 0 aliphatic rings. The molecule has 0 fully saturated rings. The van der Waals surface area contributed by atoms with Crippen LogP contribution < -0.4 is 4.74 Å². The van der Waals surface area contributed by atoms with Crippen molar-refractivity contribution in [3.8, 4) is 5.88 Å². The fraction of sp³-hybridized carbons (Fsp3) is 0.333. The molecule has 0 radical (unpaired) electrons. The van der Waals surface area contributed by atoms with Gasteiger partial charge in [0.25, 0.3) is 0 Å². The molecule has 12 heavy (non-hydrogen) atoms. The van der Waals surface area contributed by atoms with Crippen LogP contribution in [-0.2, 0) is 11.2 Å². The van der Waals surface area contributed by atoms with Crippen molar-refractivity contribution in [1.29, 1.82) is 0 Å². The Hall–Kier alpha value is -1.38. The van der Waals surface area contributed by atoms with Crippen molar-refractivity contribution >= 4 is 5.78 Å². The van der Waals surface area contributed by atoms with E-state index in [2.05, 4.69) is 4.98 Å². The highest BCUT2D eigenvalue weighted by Crippen LogP contribution is 2.13. The molecule has 1 heterocycles. The van der Waals surface area contributed by atoms with E-state index in [9.17, 15) is 4.79 Å². The maximum Gasteiger partial charge on any atom is 0.216 e. The summed E-state index contributed by atoms with van der Waals surface area (Å²) in [7, 11) is 1.55. The molecule has 0 saturated carbocycles. The lowest BCUT2D eigenvalue weighted by Crippen LogP contribution is -2.00. The number of nitrogens with zero attached hydrogens (tertiary/aromatic N) is 1. The Morgan fingerprint density at radius 2 is 2.42 bits per heavy atom. The molecular formula is C9H11NO2. The number of aromatic nitrogens is 1. The predicted molar refractivity (Wildman–Crippen MR) is 45.2 cm³/mol. The van der Waals surface area contributed by atoms with E-state index in [4.69, 9.17) is 4.74 Å². The molecule has 1 aromatic rings. The summed E-state index contributed by atoms with van der Waals surface area (Å²) in [6.45, 7) is 1.55. The van der Waals surface area contributed by atoms with Crippen molar-refractivity contribution in [2.45, 2.75) is 13.3 Å². The van der Waals surface area contributed by atoms with Gasteiger partial charge < -0.3 is 4.74 Å². The van der Waals surface area contributed by atoms with Crippen LogP contribution >= 0.6 is 0 Å². The Balaban J connectivity index is 2.89. The maximum absolute atomic E-state index is 10.8. The van der Waals surface area contributed by atoms with Crippen molar-refractivity contribution in [2.75, 3.05) is 7.11 Å². The van der Waals surface area contributed by atoms with Gasteiger partial charge >= 0.3 is 0 Å². The van der Waals surface area contributed by atoms with Crippen LogP contribution in [0.3, 0.4) is 0 Å². The van der Waals surface area contributed by atoms with Crippen molar-refractivity contribution in [2.24, 2.45) is 0 Å². The Morgan fingerprint density at radius 1 is 1.67 bits per heavy atom. The van der Waals surface area contributed by atoms with E-state index in [1.54, 1.807) is 26.3 Å². The average Bonchev–Trinajstić information content (AvgIpc) is 2.04. The van der Waals surface area contributed by atoms with Crippen LogP contribution in [0.15, 0.2) is 18.3 Å². The molecule has 0 aliphatic heterocycles. The lowest BCUT2D eigenvalue weighted by atomic mass is 10.1. The number of hydrogen-bond acceptors (Lipinski definition) is 3. The second-order valence-corrected chi connectivity index (χ2v) is 2.55. The Kier molecular flexibility index (Phi) is 2.80. The molecule has 0 N–H and O–H groups in total. The number of ether oxygens (including phenoxy) is 1. The molecule has 0 aliphatic carbocycles. The third-order valence-corrected chi connectivity index (χ3v) is 1.48. The number of Topliss-reactive ketones (excluding diaryl/α,β-unsaturated/α-hetero) is 1. The first kappa shape index (κ1) is 8.71. The molecule has 0 spiro atoms. The van der Waals surface area contributed by atoms with Gasteiger partial charge in [-0.25, -0.2) is 4.98 Å². The van der Waals surface area contributed by atoms with Crippen LogP contribution in [0, 0.1) is 0 Å². The van der Waals surface area contributed by atoms with Gasteiger partial charge in [-0.1, -0.05) is 6.07 Å². The highest BCUT2D eigenvalue weighted by Gasteiger charge is 2.04. The standard InChI is InChI=1S/C9H11NO2/c1-7(11)6-8-4-3-5-10-9(8)12-2/h3-5H,6H2,1-2H3. The van der Waals surface area contributed by atoms with Gasteiger partial charge in [0.05, 0.1) is 7.11 Å². The third kappa shape index (κ3) is 2.05. The van der Waals surface area contributed by atoms with Crippen molar-refractivity contribution in [3.63, 3.8) is 0 Å². The second-order valence-electron chi connectivity index (χ2n) is 2.55. The first-order valence-electron chi connectivity index (χ1n) is 3.71. The summed E-state index contributed by atoms with van der Waals surface area (Å²) in [5.74, 6) is 0.647. The quantitative estimate of drug-likeness (QED) is 0.676. The van der Waals surface area contributed by atoms with E-state index < -0.39 is 0 Å². The van der Waals surface area contributed by atoms with Crippen LogP contribution in [0.25, 0.3) is 0 Å². The van der Waals surface area contributed by atoms with E-state index >= 15 is 0 Å². The summed E-state index contributed by atoms with van der Waals surface area (Å²) < 4.78 is 4.98. The zero-order valence-electron chi connectivity index (χ0n) is 7.20. The molecule has 3 heteroatoms. The van der Waals surface area contributed by atoms with Gasteiger partial charge in [-0.3, -0.25) is 4.79 Å². The molecule has 1 rings (SSSR count). The molecule has 64 valence electrons. The Bertz CT molecular complexity index is 284. The minimum absolute atomic E-state index is 0.112. The van der Waals surface area contributed by atoms with Gasteiger partial charge in [0.15, 0.2) is 0 Å². The monoisotopic (exact) mass is 165 g/mol. The lowest BCUT2D eigenvalue weighted by Gasteiger charge is -2.03. The van der Waals surface area contributed by atoms with Gasteiger partial charge in [0.2, 0.25) is 5.88 Å². The SMILES string of the molecule is COc1ncccc1CC(C)=O. The number of hydrogen-bond donors (Lipinski definition) is 0. The first-order valence-corrected chi connectivity index (χ1v) is 3.71. The molecule has 0 aromatic carbocycles. The molecule has 0 bridgehead atoms. The average molecular weight is 165 g/mol. The summed E-state index contributed by atoms with van der Waals surface area (Å²) in [6, 6.07) is 3.63. The van der Waals surface area contributed by atoms with Crippen molar-refractivity contribution in [3.05, 3.63) is 23.9 Å². The zero-order valence-corrected chi connectivity index (χ0v) is 7.20. The molecular weight excluding hydrogens is 154 g/mol. The van der Waals surface area contributed by atoms with Crippen molar-refractivity contribution < 1.29 is 9.53 Å².